The number of aromatic nitrogens is 4. The summed E-state index contributed by atoms with van der Waals surface area (Å²) < 4.78 is 16.4. The highest BCUT2D eigenvalue weighted by Gasteiger charge is 2.35. The molecule has 0 saturated carbocycles. The van der Waals surface area contributed by atoms with Crippen LogP contribution in [0.5, 0.6) is 0 Å². The molecule has 104 valence electrons. The second-order valence-electron chi connectivity index (χ2n) is 4.05. The molecule has 0 amide bonds. The molecule has 0 fully saturated rings. The third kappa shape index (κ3) is 2.59. The summed E-state index contributed by atoms with van der Waals surface area (Å²) in [5.41, 5.74) is 5.44. The number of hydrogen-bond acceptors (Lipinski definition) is 6. The van der Waals surface area contributed by atoms with Gasteiger partial charge in [-0.15, -0.1) is 0 Å². The molecule has 2 aromatic heterocycles. The minimum atomic E-state index is -4.33. The van der Waals surface area contributed by atoms with Gasteiger partial charge in [-0.2, -0.15) is 0 Å². The number of nitrogens with two attached hydrogens (primary N) is 1. The number of ether oxygens (including phenoxy) is 1. The molecule has 19 heavy (non-hydrogen) atoms. The van der Waals surface area contributed by atoms with E-state index in [0.29, 0.717) is 11.2 Å². The Kier molecular flexibility index (Phi) is 3.55. The van der Waals surface area contributed by atoms with Crippen LogP contribution in [-0.2, 0) is 9.30 Å². The highest BCUT2D eigenvalue weighted by atomic mass is 31.2. The fourth-order valence-corrected chi connectivity index (χ4v) is 2.30. The number of imidazole rings is 1. The van der Waals surface area contributed by atoms with Crippen molar-refractivity contribution in [1.82, 2.24) is 19.9 Å². The van der Waals surface area contributed by atoms with E-state index in [9.17, 15) is 14.4 Å². The fourth-order valence-electron chi connectivity index (χ4n) is 1.69. The van der Waals surface area contributed by atoms with Crippen LogP contribution < -0.4 is 5.73 Å². The van der Waals surface area contributed by atoms with Gasteiger partial charge < -0.3 is 25.2 Å². The zero-order chi connectivity index (χ0) is 14.2. The van der Waals surface area contributed by atoms with Crippen molar-refractivity contribution >= 4 is 24.6 Å². The summed E-state index contributed by atoms with van der Waals surface area (Å²) in [6.45, 7) is 1.36. The van der Waals surface area contributed by atoms with Gasteiger partial charge in [0.1, 0.15) is 11.6 Å². The Bertz CT molecular complexity index is 639. The number of nitrogen functional groups attached to an aromatic ring is 1. The minimum Gasteiger partial charge on any atom is -0.382 e. The Morgan fingerprint density at radius 3 is 2.74 bits per heavy atom. The van der Waals surface area contributed by atoms with E-state index in [-0.39, 0.29) is 11.6 Å². The molecule has 0 aliphatic carbocycles. The first-order chi connectivity index (χ1) is 8.84. The Labute approximate surface area is 108 Å². The lowest BCUT2D eigenvalue weighted by Crippen LogP contribution is -2.20. The zero-order valence-corrected chi connectivity index (χ0v) is 11.2. The second-order valence-corrected chi connectivity index (χ2v) is 6.05. The Balaban J connectivity index is 2.49. The molecule has 0 bridgehead atoms. The first-order valence-corrected chi connectivity index (χ1v) is 7.07. The van der Waals surface area contributed by atoms with Gasteiger partial charge in [-0.3, -0.25) is 4.57 Å². The molecule has 2 atom stereocenters. The molecule has 0 spiro atoms. The van der Waals surface area contributed by atoms with Crippen molar-refractivity contribution in [3.05, 3.63) is 12.2 Å². The van der Waals surface area contributed by atoms with E-state index in [1.165, 1.54) is 20.4 Å². The molecule has 5 N–H and O–H groups in total. The van der Waals surface area contributed by atoms with Crippen LogP contribution in [0, 0.1) is 0 Å². The van der Waals surface area contributed by atoms with Crippen LogP contribution in [0.3, 0.4) is 0 Å². The van der Waals surface area contributed by atoms with Gasteiger partial charge in [0.15, 0.2) is 17.3 Å². The van der Waals surface area contributed by atoms with Crippen LogP contribution in [0.1, 0.15) is 18.9 Å². The molecule has 2 aromatic rings. The molecule has 2 rings (SSSR count). The lowest BCUT2D eigenvalue weighted by molar-refractivity contribution is 0.0887. The number of fused-ring (bicyclic) bond motifs is 1. The monoisotopic (exact) mass is 287 g/mol. The standard InChI is InChI=1S/C9H14N5O4P/c1-4(19(15,16)17)6(18-2)9-13-7(10)5-8(14-9)12-3-11-5/h3-4,6H,1-2H3,(H2,15,16,17)(H3,10,11,12,13,14). The maximum Gasteiger partial charge on any atom is 0.331 e. The Morgan fingerprint density at radius 1 is 1.47 bits per heavy atom. The smallest absolute Gasteiger partial charge is 0.331 e. The number of nitrogens with zero attached hydrogens (tertiary/aromatic N) is 3. The van der Waals surface area contributed by atoms with Crippen LogP contribution in [-0.4, -0.2) is 42.5 Å². The topological polar surface area (TPSA) is 147 Å². The third-order valence-corrected chi connectivity index (χ3v) is 4.14. The van der Waals surface area contributed by atoms with E-state index in [1.54, 1.807) is 0 Å². The number of methoxy groups -OCH3 is 1. The molecule has 0 aromatic carbocycles. The maximum absolute atomic E-state index is 11.3. The molecule has 10 heteroatoms. The second kappa shape index (κ2) is 4.86. The minimum absolute atomic E-state index is 0.0930. The summed E-state index contributed by atoms with van der Waals surface area (Å²) >= 11 is 0. The van der Waals surface area contributed by atoms with E-state index in [2.05, 4.69) is 19.9 Å². The fraction of sp³-hybridized carbons (Fsp3) is 0.444. The summed E-state index contributed by atoms with van der Waals surface area (Å²) in [5, 5.41) is 0. The number of aromatic amines is 1. The normalized spacial score (nSPS) is 15.6. The highest BCUT2D eigenvalue weighted by Crippen LogP contribution is 2.47. The summed E-state index contributed by atoms with van der Waals surface area (Å²) in [5.74, 6) is 0.243. The molecule has 0 saturated heterocycles. The van der Waals surface area contributed by atoms with E-state index in [1.807, 2.05) is 0 Å². The van der Waals surface area contributed by atoms with Gasteiger partial charge in [0.25, 0.3) is 0 Å². The number of rotatable bonds is 4. The molecule has 2 unspecified atom stereocenters. The van der Waals surface area contributed by atoms with Gasteiger partial charge in [0, 0.05) is 7.11 Å². The number of hydrogen-bond donors (Lipinski definition) is 4. The number of nitrogens with one attached hydrogen (secondary N) is 1. The average molecular weight is 287 g/mol. The Hall–Kier alpha value is -1.54. The largest absolute Gasteiger partial charge is 0.382 e. The third-order valence-electron chi connectivity index (χ3n) is 2.81. The molecule has 0 radical (unpaired) electrons. The van der Waals surface area contributed by atoms with Crippen LogP contribution >= 0.6 is 7.60 Å². The van der Waals surface area contributed by atoms with Crippen molar-refractivity contribution in [2.75, 3.05) is 12.8 Å². The summed E-state index contributed by atoms with van der Waals surface area (Å²) in [7, 11) is -3.01. The van der Waals surface area contributed by atoms with E-state index < -0.39 is 19.4 Å². The van der Waals surface area contributed by atoms with Crippen molar-refractivity contribution in [3.63, 3.8) is 0 Å². The summed E-state index contributed by atoms with van der Waals surface area (Å²) in [4.78, 5) is 33.3. The molecule has 0 aliphatic heterocycles. The molecule has 0 aliphatic rings. The quantitative estimate of drug-likeness (QED) is 0.582. The molecule has 2 heterocycles. The van der Waals surface area contributed by atoms with Gasteiger partial charge in [-0.25, -0.2) is 15.0 Å². The van der Waals surface area contributed by atoms with Crippen molar-refractivity contribution < 1.29 is 19.1 Å². The average Bonchev–Trinajstić information content (AvgIpc) is 2.77. The predicted molar refractivity (Wildman–Crippen MR) is 67.4 cm³/mol. The van der Waals surface area contributed by atoms with E-state index in [4.69, 9.17) is 10.5 Å². The van der Waals surface area contributed by atoms with E-state index in [0.717, 1.165) is 0 Å². The van der Waals surface area contributed by atoms with Crippen LogP contribution in [0.15, 0.2) is 6.33 Å². The number of H-pyrrole nitrogens is 1. The maximum atomic E-state index is 11.3. The summed E-state index contributed by atoms with van der Waals surface area (Å²) in [6.07, 6.45) is 0.442. The van der Waals surface area contributed by atoms with Gasteiger partial charge in [-0.1, -0.05) is 0 Å². The van der Waals surface area contributed by atoms with Gasteiger partial charge in [0.2, 0.25) is 0 Å². The van der Waals surface area contributed by atoms with Crippen molar-refractivity contribution in [3.8, 4) is 0 Å². The van der Waals surface area contributed by atoms with Crippen molar-refractivity contribution in [2.24, 2.45) is 0 Å². The highest BCUT2D eigenvalue weighted by molar-refractivity contribution is 7.52. The van der Waals surface area contributed by atoms with Crippen LogP contribution in [0.25, 0.3) is 11.2 Å². The first kappa shape index (κ1) is 13.9. The first-order valence-electron chi connectivity index (χ1n) is 5.39. The Morgan fingerprint density at radius 2 is 2.16 bits per heavy atom. The van der Waals surface area contributed by atoms with Gasteiger partial charge in [0.05, 0.1) is 12.0 Å². The molecular weight excluding hydrogens is 273 g/mol. The van der Waals surface area contributed by atoms with Gasteiger partial charge >= 0.3 is 7.60 Å². The van der Waals surface area contributed by atoms with E-state index >= 15 is 0 Å². The zero-order valence-electron chi connectivity index (χ0n) is 10.3. The molecule has 9 nitrogen and oxygen atoms in total. The van der Waals surface area contributed by atoms with Crippen molar-refractivity contribution in [1.29, 1.82) is 0 Å². The number of anilines is 1. The van der Waals surface area contributed by atoms with Crippen LogP contribution in [0.2, 0.25) is 0 Å². The summed E-state index contributed by atoms with van der Waals surface area (Å²) in [6, 6.07) is 0. The molecular formula is C9H14N5O4P. The van der Waals surface area contributed by atoms with Crippen molar-refractivity contribution in [2.45, 2.75) is 18.7 Å². The van der Waals surface area contributed by atoms with Crippen LogP contribution in [0.4, 0.5) is 5.82 Å². The van der Waals surface area contributed by atoms with Gasteiger partial charge in [-0.05, 0) is 6.92 Å². The lowest BCUT2D eigenvalue weighted by Gasteiger charge is -2.22. The predicted octanol–water partition coefficient (Wildman–Crippen LogP) is 0.189. The lowest BCUT2D eigenvalue weighted by atomic mass is 10.2. The SMILES string of the molecule is COC(c1nc(N)c2[nH]cnc2n1)C(C)P(=O)(O)O.